The first kappa shape index (κ1) is 25.2. The molecule has 2 aliphatic heterocycles. The number of carbonyl (C=O) groups is 1. The minimum atomic E-state index is -0.556. The molecular formula is C28H33FN6O2. The first-order valence-electron chi connectivity index (χ1n) is 12.9. The van der Waals surface area contributed by atoms with Gasteiger partial charge in [-0.05, 0) is 50.5 Å². The number of anilines is 1. The molecule has 9 heteroatoms. The molecule has 1 unspecified atom stereocenters. The van der Waals surface area contributed by atoms with Crippen molar-refractivity contribution >= 4 is 11.7 Å². The number of halogens is 1. The summed E-state index contributed by atoms with van der Waals surface area (Å²) in [5, 5.41) is 0. The lowest BCUT2D eigenvalue weighted by atomic mass is 9.95. The van der Waals surface area contributed by atoms with Crippen LogP contribution in [0.2, 0.25) is 0 Å². The molecule has 0 radical (unpaired) electrons. The Kier molecular flexibility index (Phi) is 7.43. The Bertz CT molecular complexity index is 1290. The summed E-state index contributed by atoms with van der Waals surface area (Å²) in [6, 6.07) is 8.35. The lowest BCUT2D eigenvalue weighted by Gasteiger charge is -2.35. The Labute approximate surface area is 216 Å². The van der Waals surface area contributed by atoms with E-state index >= 15 is 4.39 Å². The quantitative estimate of drug-likeness (QED) is 0.546. The average Bonchev–Trinajstić information content (AvgIpc) is 3.41. The van der Waals surface area contributed by atoms with Gasteiger partial charge in [0.2, 0.25) is 0 Å². The summed E-state index contributed by atoms with van der Waals surface area (Å²) in [5.41, 5.74) is 10.4. The van der Waals surface area contributed by atoms with Crippen molar-refractivity contribution in [3.05, 3.63) is 59.4 Å². The van der Waals surface area contributed by atoms with Crippen molar-refractivity contribution in [3.63, 3.8) is 0 Å². The zero-order valence-corrected chi connectivity index (χ0v) is 21.4. The molecule has 2 aliphatic rings. The number of nitrogen functional groups attached to an aromatic ring is 1. The van der Waals surface area contributed by atoms with Crippen molar-refractivity contribution in [1.82, 2.24) is 24.8 Å². The summed E-state index contributed by atoms with van der Waals surface area (Å²) < 4.78 is 21.1. The van der Waals surface area contributed by atoms with E-state index in [9.17, 15) is 4.79 Å². The fourth-order valence-corrected chi connectivity index (χ4v) is 5.25. The number of piperazine rings is 1. The molecule has 0 bridgehead atoms. The van der Waals surface area contributed by atoms with Crippen LogP contribution in [-0.4, -0.2) is 76.1 Å². The number of amides is 1. The van der Waals surface area contributed by atoms with Crippen LogP contribution < -0.4 is 5.73 Å². The number of nitrogens with zero attached hydrogens (tertiary/aromatic N) is 5. The van der Waals surface area contributed by atoms with Gasteiger partial charge in [-0.15, -0.1) is 0 Å². The molecule has 194 valence electrons. The van der Waals surface area contributed by atoms with Crippen LogP contribution in [0.3, 0.4) is 0 Å². The Balaban J connectivity index is 1.37. The van der Waals surface area contributed by atoms with E-state index in [4.69, 9.17) is 10.5 Å². The summed E-state index contributed by atoms with van der Waals surface area (Å²) in [5.74, 6) is -0.407. The van der Waals surface area contributed by atoms with E-state index in [0.717, 1.165) is 61.6 Å². The molecule has 0 spiro atoms. The maximum absolute atomic E-state index is 15.4. The molecular weight excluding hydrogens is 471 g/mol. The van der Waals surface area contributed by atoms with Crippen LogP contribution in [0, 0.1) is 12.7 Å². The number of hydrogen-bond acceptors (Lipinski definition) is 7. The lowest BCUT2D eigenvalue weighted by molar-refractivity contribution is 0.0430. The zero-order chi connectivity index (χ0) is 25.9. The van der Waals surface area contributed by atoms with E-state index in [2.05, 4.69) is 19.9 Å². The van der Waals surface area contributed by atoms with Crippen molar-refractivity contribution in [2.75, 3.05) is 45.1 Å². The normalized spacial score (nSPS) is 18.4. The van der Waals surface area contributed by atoms with E-state index in [1.807, 2.05) is 19.9 Å². The maximum atomic E-state index is 15.4. The summed E-state index contributed by atoms with van der Waals surface area (Å²) in [6.07, 6.45) is 4.67. The van der Waals surface area contributed by atoms with Gasteiger partial charge in [-0.3, -0.25) is 9.69 Å². The maximum Gasteiger partial charge on any atom is 0.256 e. The predicted molar refractivity (Wildman–Crippen MR) is 141 cm³/mol. The van der Waals surface area contributed by atoms with Gasteiger partial charge in [0.25, 0.3) is 5.91 Å². The molecule has 1 aromatic carbocycles. The fraction of sp³-hybridized carbons (Fsp3) is 0.429. The van der Waals surface area contributed by atoms with Gasteiger partial charge in [-0.1, -0.05) is 13.0 Å². The molecule has 0 aliphatic carbocycles. The van der Waals surface area contributed by atoms with E-state index in [1.165, 1.54) is 12.4 Å². The second kappa shape index (κ2) is 10.9. The standard InChI is InChI=1S/C28H33FN6O2/c1-3-24-26(21-8-9-25(30)33-18(21)2)27(32-17-31-24)19-6-7-22(23(29)15-19)28(36)35-12-10-34(11-13-35)16-20-5-4-14-37-20/h6-9,15,17,20H,3-5,10-14,16H2,1-2H3,(H2,30,33). The average molecular weight is 505 g/mol. The van der Waals surface area contributed by atoms with Crippen molar-refractivity contribution < 1.29 is 13.9 Å². The van der Waals surface area contributed by atoms with E-state index < -0.39 is 5.82 Å². The molecule has 2 fully saturated rings. The number of aromatic nitrogens is 3. The summed E-state index contributed by atoms with van der Waals surface area (Å²) in [4.78, 5) is 30.6. The summed E-state index contributed by atoms with van der Waals surface area (Å²) in [6.45, 7) is 8.32. The van der Waals surface area contributed by atoms with Crippen LogP contribution in [0.5, 0.6) is 0 Å². The van der Waals surface area contributed by atoms with Crippen LogP contribution in [-0.2, 0) is 11.2 Å². The number of pyridine rings is 1. The van der Waals surface area contributed by atoms with Gasteiger partial charge in [0.1, 0.15) is 18.0 Å². The fourth-order valence-electron chi connectivity index (χ4n) is 5.25. The lowest BCUT2D eigenvalue weighted by Crippen LogP contribution is -2.50. The number of rotatable bonds is 6. The van der Waals surface area contributed by atoms with Gasteiger partial charge in [-0.2, -0.15) is 0 Å². The molecule has 2 N–H and O–H groups in total. The van der Waals surface area contributed by atoms with Gasteiger partial charge < -0.3 is 15.4 Å². The molecule has 1 amide bonds. The SMILES string of the molecule is CCc1ncnc(-c2ccc(C(=O)N3CCN(CC4CCCO4)CC3)c(F)c2)c1-c1ccc(N)nc1C. The third kappa shape index (κ3) is 5.33. The highest BCUT2D eigenvalue weighted by atomic mass is 19.1. The zero-order valence-electron chi connectivity index (χ0n) is 21.4. The minimum absolute atomic E-state index is 0.0768. The minimum Gasteiger partial charge on any atom is -0.384 e. The first-order valence-corrected chi connectivity index (χ1v) is 12.9. The first-order chi connectivity index (χ1) is 17.9. The molecule has 37 heavy (non-hydrogen) atoms. The topological polar surface area (TPSA) is 97.5 Å². The Morgan fingerprint density at radius 3 is 2.65 bits per heavy atom. The number of hydrogen-bond donors (Lipinski definition) is 1. The molecule has 5 rings (SSSR count). The highest BCUT2D eigenvalue weighted by Crippen LogP contribution is 2.35. The van der Waals surface area contributed by atoms with Crippen LogP contribution >= 0.6 is 0 Å². The highest BCUT2D eigenvalue weighted by molar-refractivity contribution is 5.95. The van der Waals surface area contributed by atoms with E-state index in [0.29, 0.717) is 42.7 Å². The number of ether oxygens (including phenoxy) is 1. The molecule has 4 heterocycles. The van der Waals surface area contributed by atoms with Crippen molar-refractivity contribution in [2.24, 2.45) is 0 Å². The third-order valence-corrected chi connectivity index (χ3v) is 7.26. The molecule has 3 aromatic rings. The molecule has 0 saturated carbocycles. The van der Waals surface area contributed by atoms with Crippen molar-refractivity contribution in [2.45, 2.75) is 39.2 Å². The van der Waals surface area contributed by atoms with Gasteiger partial charge in [-0.25, -0.2) is 19.3 Å². The molecule has 8 nitrogen and oxygen atoms in total. The summed E-state index contributed by atoms with van der Waals surface area (Å²) >= 11 is 0. The van der Waals surface area contributed by atoms with Crippen LogP contribution in [0.4, 0.5) is 10.2 Å². The van der Waals surface area contributed by atoms with Crippen LogP contribution in [0.25, 0.3) is 22.4 Å². The Morgan fingerprint density at radius 2 is 1.97 bits per heavy atom. The van der Waals surface area contributed by atoms with Crippen molar-refractivity contribution in [3.8, 4) is 22.4 Å². The molecule has 1 atom stereocenters. The van der Waals surface area contributed by atoms with Crippen molar-refractivity contribution in [1.29, 1.82) is 0 Å². The smallest absolute Gasteiger partial charge is 0.256 e. The highest BCUT2D eigenvalue weighted by Gasteiger charge is 2.27. The summed E-state index contributed by atoms with van der Waals surface area (Å²) in [7, 11) is 0. The Hall–Kier alpha value is -3.43. The predicted octanol–water partition coefficient (Wildman–Crippen LogP) is 3.73. The monoisotopic (exact) mass is 504 g/mol. The molecule has 2 aromatic heterocycles. The number of carbonyl (C=O) groups excluding carboxylic acids is 1. The number of aryl methyl sites for hydroxylation is 2. The van der Waals surface area contributed by atoms with E-state index in [-0.39, 0.29) is 11.5 Å². The van der Waals surface area contributed by atoms with Gasteiger partial charge >= 0.3 is 0 Å². The molecule has 2 saturated heterocycles. The third-order valence-electron chi connectivity index (χ3n) is 7.26. The van der Waals surface area contributed by atoms with Gasteiger partial charge in [0.15, 0.2) is 0 Å². The number of benzene rings is 1. The van der Waals surface area contributed by atoms with Gasteiger partial charge in [0, 0.05) is 61.7 Å². The largest absolute Gasteiger partial charge is 0.384 e. The van der Waals surface area contributed by atoms with E-state index in [1.54, 1.807) is 23.1 Å². The van der Waals surface area contributed by atoms with Gasteiger partial charge in [0.05, 0.1) is 23.1 Å². The van der Waals surface area contributed by atoms with Crippen LogP contribution in [0.1, 0.15) is 41.5 Å². The van der Waals surface area contributed by atoms with Crippen LogP contribution in [0.15, 0.2) is 36.7 Å². The second-order valence-electron chi connectivity index (χ2n) is 9.69. The number of nitrogens with two attached hydrogens (primary N) is 1. The Morgan fingerprint density at radius 1 is 1.16 bits per heavy atom. The second-order valence-corrected chi connectivity index (χ2v) is 9.69.